The standard InChI is InChI=1S/C30H27ClN2O5/c1-19(22-8-5-4-6-9-22)33-20(2)28(30(36)37-3)26(29(33)35)16-21-12-14-25(15-13-21)38-18-27(34)32-24-11-7-10-23(31)17-24/h4-17,19H,18H2,1-3H3,(H,32,34)/b26-16-/t19-/m0/s1. The van der Waals surface area contributed by atoms with Crippen LogP contribution in [0.25, 0.3) is 6.08 Å². The summed E-state index contributed by atoms with van der Waals surface area (Å²) in [5.41, 5.74) is 3.24. The molecule has 8 heteroatoms. The van der Waals surface area contributed by atoms with Crippen LogP contribution in [-0.2, 0) is 19.1 Å². The van der Waals surface area contributed by atoms with Crippen LogP contribution in [0.15, 0.2) is 95.7 Å². The largest absolute Gasteiger partial charge is 0.484 e. The van der Waals surface area contributed by atoms with E-state index in [0.29, 0.717) is 27.7 Å². The van der Waals surface area contributed by atoms with Crippen LogP contribution in [0.4, 0.5) is 5.69 Å². The van der Waals surface area contributed by atoms with Crippen molar-refractivity contribution in [3.63, 3.8) is 0 Å². The lowest BCUT2D eigenvalue weighted by Gasteiger charge is -2.26. The predicted molar refractivity (Wildman–Crippen MR) is 146 cm³/mol. The molecule has 1 N–H and O–H groups in total. The average Bonchev–Trinajstić information content (AvgIpc) is 3.16. The molecule has 0 saturated heterocycles. The maximum atomic E-state index is 13.5. The molecule has 0 aromatic heterocycles. The lowest BCUT2D eigenvalue weighted by atomic mass is 10.0. The molecule has 4 rings (SSSR count). The summed E-state index contributed by atoms with van der Waals surface area (Å²) in [5, 5.41) is 3.24. The second-order valence-electron chi connectivity index (χ2n) is 8.69. The molecule has 0 unspecified atom stereocenters. The van der Waals surface area contributed by atoms with Crippen molar-refractivity contribution in [1.29, 1.82) is 0 Å². The second-order valence-corrected chi connectivity index (χ2v) is 9.12. The number of anilines is 1. The van der Waals surface area contributed by atoms with Crippen molar-refractivity contribution in [2.75, 3.05) is 19.0 Å². The number of nitrogens with zero attached hydrogens (tertiary/aromatic N) is 1. The number of ether oxygens (including phenoxy) is 2. The van der Waals surface area contributed by atoms with Gasteiger partial charge < -0.3 is 19.7 Å². The number of methoxy groups -OCH3 is 1. The van der Waals surface area contributed by atoms with Crippen LogP contribution in [0, 0.1) is 0 Å². The van der Waals surface area contributed by atoms with Gasteiger partial charge in [-0.05, 0) is 61.4 Å². The number of halogens is 1. The Balaban J connectivity index is 1.50. The Morgan fingerprint density at radius 2 is 1.74 bits per heavy atom. The van der Waals surface area contributed by atoms with Crippen molar-refractivity contribution in [2.45, 2.75) is 19.9 Å². The summed E-state index contributed by atoms with van der Waals surface area (Å²) in [6.45, 7) is 3.48. The van der Waals surface area contributed by atoms with Crippen molar-refractivity contribution >= 4 is 41.1 Å². The molecule has 2 amide bonds. The molecule has 0 saturated carbocycles. The monoisotopic (exact) mass is 530 g/mol. The van der Waals surface area contributed by atoms with Gasteiger partial charge in [0.05, 0.1) is 24.3 Å². The Bertz CT molecular complexity index is 1410. The number of esters is 1. The van der Waals surface area contributed by atoms with E-state index in [0.717, 1.165) is 5.56 Å². The number of nitrogens with one attached hydrogen (secondary N) is 1. The molecule has 194 valence electrons. The van der Waals surface area contributed by atoms with Gasteiger partial charge in [0.25, 0.3) is 11.8 Å². The molecule has 1 aliphatic heterocycles. The van der Waals surface area contributed by atoms with E-state index in [-0.39, 0.29) is 35.6 Å². The molecular formula is C30H27ClN2O5. The Hall–Kier alpha value is -4.36. The first kappa shape index (κ1) is 26.7. The van der Waals surface area contributed by atoms with Gasteiger partial charge in [0.15, 0.2) is 6.61 Å². The normalized spacial score (nSPS) is 15.0. The van der Waals surface area contributed by atoms with Gasteiger partial charge >= 0.3 is 5.97 Å². The Morgan fingerprint density at radius 1 is 1.03 bits per heavy atom. The summed E-state index contributed by atoms with van der Waals surface area (Å²) in [5.74, 6) is -0.704. The topological polar surface area (TPSA) is 84.9 Å². The molecule has 0 fully saturated rings. The van der Waals surface area contributed by atoms with E-state index in [1.165, 1.54) is 7.11 Å². The number of benzene rings is 3. The zero-order valence-corrected chi connectivity index (χ0v) is 22.0. The number of hydrogen-bond acceptors (Lipinski definition) is 5. The SMILES string of the molecule is COC(=O)C1=C(C)N([C@@H](C)c2ccccc2)C(=O)/C1=C\c1ccc(OCC(=O)Nc2cccc(Cl)c2)cc1. The summed E-state index contributed by atoms with van der Waals surface area (Å²) < 4.78 is 10.6. The molecule has 1 heterocycles. The number of hydrogen-bond donors (Lipinski definition) is 1. The van der Waals surface area contributed by atoms with Gasteiger partial charge in [-0.15, -0.1) is 0 Å². The van der Waals surface area contributed by atoms with Crippen molar-refractivity contribution in [1.82, 2.24) is 4.90 Å². The van der Waals surface area contributed by atoms with E-state index < -0.39 is 5.97 Å². The van der Waals surface area contributed by atoms with Crippen LogP contribution in [0.3, 0.4) is 0 Å². The number of amides is 2. The fourth-order valence-corrected chi connectivity index (χ4v) is 4.47. The molecule has 0 spiro atoms. The summed E-state index contributed by atoms with van der Waals surface area (Å²) in [6, 6.07) is 23.1. The lowest BCUT2D eigenvalue weighted by Crippen LogP contribution is -2.28. The van der Waals surface area contributed by atoms with E-state index in [1.807, 2.05) is 37.3 Å². The minimum atomic E-state index is -0.574. The summed E-state index contributed by atoms with van der Waals surface area (Å²) >= 11 is 5.94. The first-order chi connectivity index (χ1) is 18.3. The quantitative estimate of drug-likeness (QED) is 0.294. The van der Waals surface area contributed by atoms with Gasteiger partial charge in [-0.2, -0.15) is 0 Å². The predicted octanol–water partition coefficient (Wildman–Crippen LogP) is 5.79. The molecule has 1 aliphatic rings. The molecule has 0 bridgehead atoms. The van der Waals surface area contributed by atoms with Gasteiger partial charge in [0.2, 0.25) is 0 Å². The number of carbonyl (C=O) groups is 3. The average molecular weight is 531 g/mol. The minimum absolute atomic E-state index is 0.188. The van der Waals surface area contributed by atoms with Crippen LogP contribution in [0.5, 0.6) is 5.75 Å². The number of allylic oxidation sites excluding steroid dienone is 1. The smallest absolute Gasteiger partial charge is 0.340 e. The molecule has 3 aromatic carbocycles. The van der Waals surface area contributed by atoms with Crippen molar-refractivity contribution in [3.05, 3.63) is 112 Å². The third-order valence-electron chi connectivity index (χ3n) is 6.17. The third kappa shape index (κ3) is 5.95. The van der Waals surface area contributed by atoms with Crippen LogP contribution < -0.4 is 10.1 Å². The van der Waals surface area contributed by atoms with Crippen LogP contribution >= 0.6 is 11.6 Å². The van der Waals surface area contributed by atoms with Gasteiger partial charge in [-0.3, -0.25) is 9.59 Å². The summed E-state index contributed by atoms with van der Waals surface area (Å²) in [4.78, 5) is 40.0. The highest BCUT2D eigenvalue weighted by atomic mass is 35.5. The molecule has 0 aliphatic carbocycles. The Labute approximate surface area is 226 Å². The first-order valence-electron chi connectivity index (χ1n) is 12.0. The fourth-order valence-electron chi connectivity index (χ4n) is 4.28. The van der Waals surface area contributed by atoms with Gasteiger partial charge in [-0.25, -0.2) is 4.79 Å². The fraction of sp³-hybridized carbons (Fsp3) is 0.167. The Morgan fingerprint density at radius 3 is 2.39 bits per heavy atom. The molecule has 7 nitrogen and oxygen atoms in total. The highest BCUT2D eigenvalue weighted by Crippen LogP contribution is 2.37. The molecule has 3 aromatic rings. The maximum absolute atomic E-state index is 13.5. The van der Waals surface area contributed by atoms with Crippen LogP contribution in [0.1, 0.15) is 31.0 Å². The number of carbonyl (C=O) groups excluding carboxylic acids is 3. The highest BCUT2D eigenvalue weighted by molar-refractivity contribution is 6.30. The molecule has 0 radical (unpaired) electrons. The van der Waals surface area contributed by atoms with Gasteiger partial charge in [0.1, 0.15) is 5.75 Å². The number of rotatable bonds is 8. The van der Waals surface area contributed by atoms with Crippen LogP contribution in [0.2, 0.25) is 5.02 Å². The second kappa shape index (κ2) is 11.8. The zero-order valence-electron chi connectivity index (χ0n) is 21.2. The van der Waals surface area contributed by atoms with Crippen molar-refractivity contribution < 1.29 is 23.9 Å². The molecule has 1 atom stereocenters. The first-order valence-corrected chi connectivity index (χ1v) is 12.3. The van der Waals surface area contributed by atoms with E-state index in [9.17, 15) is 14.4 Å². The van der Waals surface area contributed by atoms with Crippen LogP contribution in [-0.4, -0.2) is 36.4 Å². The van der Waals surface area contributed by atoms with Crippen molar-refractivity contribution in [3.8, 4) is 5.75 Å². The van der Waals surface area contributed by atoms with Gasteiger partial charge in [0, 0.05) is 16.4 Å². The zero-order chi connectivity index (χ0) is 27.2. The lowest BCUT2D eigenvalue weighted by molar-refractivity contribution is -0.136. The minimum Gasteiger partial charge on any atom is -0.484 e. The third-order valence-corrected chi connectivity index (χ3v) is 6.41. The molecule has 38 heavy (non-hydrogen) atoms. The van der Waals surface area contributed by atoms with E-state index in [4.69, 9.17) is 21.1 Å². The van der Waals surface area contributed by atoms with Gasteiger partial charge in [-0.1, -0.05) is 60.1 Å². The summed E-state index contributed by atoms with van der Waals surface area (Å²) in [6.07, 6.45) is 1.66. The highest BCUT2D eigenvalue weighted by Gasteiger charge is 2.39. The Kier molecular flexibility index (Phi) is 8.28. The maximum Gasteiger partial charge on any atom is 0.340 e. The van der Waals surface area contributed by atoms with E-state index in [2.05, 4.69) is 5.32 Å². The van der Waals surface area contributed by atoms with Crippen molar-refractivity contribution in [2.24, 2.45) is 0 Å². The summed E-state index contributed by atoms with van der Waals surface area (Å²) in [7, 11) is 1.29. The van der Waals surface area contributed by atoms with E-state index >= 15 is 0 Å². The molecular weight excluding hydrogens is 504 g/mol. The van der Waals surface area contributed by atoms with E-state index in [1.54, 1.807) is 66.4 Å².